The summed E-state index contributed by atoms with van der Waals surface area (Å²) in [4.78, 5) is 23.6. The van der Waals surface area contributed by atoms with Crippen LogP contribution in [0.15, 0.2) is 35.0 Å². The number of hydrogen-bond donors (Lipinski definition) is 0. The third-order valence-corrected chi connectivity index (χ3v) is 5.59. The Bertz CT molecular complexity index is 913. The minimum absolute atomic E-state index is 0.355. The van der Waals surface area contributed by atoms with E-state index in [1.54, 1.807) is 11.3 Å². The topological polar surface area (TPSA) is 55.4 Å². The summed E-state index contributed by atoms with van der Waals surface area (Å²) in [7, 11) is 0. The Labute approximate surface area is 152 Å². The molecule has 0 atom stereocenters. The number of nitrogens with zero attached hydrogens (tertiary/aromatic N) is 5. The van der Waals surface area contributed by atoms with Gasteiger partial charge in [-0.1, -0.05) is 0 Å². The van der Waals surface area contributed by atoms with Crippen molar-refractivity contribution in [3.05, 3.63) is 51.9 Å². The van der Waals surface area contributed by atoms with Gasteiger partial charge in [0.25, 0.3) is 12.0 Å². The molecule has 1 fully saturated rings. The van der Waals surface area contributed by atoms with E-state index >= 15 is 0 Å². The van der Waals surface area contributed by atoms with E-state index in [4.69, 9.17) is 0 Å². The number of rotatable bonds is 5. The quantitative estimate of drug-likeness (QED) is 0.684. The summed E-state index contributed by atoms with van der Waals surface area (Å²) in [6.45, 7) is 3.23. The predicted octanol–water partition coefficient (Wildman–Crippen LogP) is 2.80. The molecule has 0 bridgehead atoms. The molecule has 6 nitrogen and oxygen atoms in total. The first-order valence-electron chi connectivity index (χ1n) is 8.56. The fourth-order valence-corrected chi connectivity index (χ4v) is 4.10. The molecule has 0 aromatic carbocycles. The molecule has 26 heavy (non-hydrogen) atoms. The van der Waals surface area contributed by atoms with Crippen LogP contribution in [0.1, 0.15) is 30.7 Å². The van der Waals surface area contributed by atoms with E-state index in [1.807, 2.05) is 16.0 Å². The number of thiazole rings is 1. The SMILES string of the molecule is O=c1cc(C(F)F)ncn1CC1CCN(Cc2cn3ccsc3n2)CC1. The third kappa shape index (κ3) is 3.68. The van der Waals surface area contributed by atoms with Crippen molar-refractivity contribution < 1.29 is 8.78 Å². The number of likely N-dealkylation sites (tertiary alicyclic amines) is 1. The van der Waals surface area contributed by atoms with Crippen LogP contribution in [0.25, 0.3) is 4.96 Å². The number of hydrogen-bond acceptors (Lipinski definition) is 5. The van der Waals surface area contributed by atoms with Crippen molar-refractivity contribution in [3.63, 3.8) is 0 Å². The highest BCUT2D eigenvalue weighted by molar-refractivity contribution is 7.15. The fraction of sp³-hybridized carbons (Fsp3) is 0.471. The first-order chi connectivity index (χ1) is 12.6. The molecule has 1 saturated heterocycles. The normalized spacial score (nSPS) is 16.7. The first kappa shape index (κ1) is 17.3. The van der Waals surface area contributed by atoms with Crippen molar-refractivity contribution >= 4 is 16.3 Å². The van der Waals surface area contributed by atoms with Crippen molar-refractivity contribution in [2.75, 3.05) is 13.1 Å². The van der Waals surface area contributed by atoms with E-state index in [0.29, 0.717) is 12.5 Å². The van der Waals surface area contributed by atoms with E-state index in [1.165, 1.54) is 10.9 Å². The van der Waals surface area contributed by atoms with E-state index in [0.717, 1.165) is 49.2 Å². The number of imidazole rings is 1. The molecular formula is C17H19F2N5OS. The van der Waals surface area contributed by atoms with Gasteiger partial charge in [0.1, 0.15) is 5.69 Å². The Morgan fingerprint density at radius 3 is 2.81 bits per heavy atom. The lowest BCUT2D eigenvalue weighted by atomic mass is 9.96. The molecule has 0 unspecified atom stereocenters. The van der Waals surface area contributed by atoms with Crippen molar-refractivity contribution in [3.8, 4) is 0 Å². The number of aromatic nitrogens is 4. The van der Waals surface area contributed by atoms with E-state index in [-0.39, 0.29) is 0 Å². The third-order valence-electron chi connectivity index (χ3n) is 4.82. The van der Waals surface area contributed by atoms with Crippen LogP contribution in [0.3, 0.4) is 0 Å². The van der Waals surface area contributed by atoms with Gasteiger partial charge in [-0.15, -0.1) is 11.3 Å². The molecule has 0 N–H and O–H groups in total. The monoisotopic (exact) mass is 379 g/mol. The molecule has 138 valence electrons. The maximum atomic E-state index is 12.6. The molecule has 9 heteroatoms. The summed E-state index contributed by atoms with van der Waals surface area (Å²) in [6, 6.07) is 0.935. The molecule has 0 aliphatic carbocycles. The Hall–Kier alpha value is -2.13. The van der Waals surface area contributed by atoms with Crippen LogP contribution in [0.2, 0.25) is 0 Å². The average Bonchev–Trinajstić information content (AvgIpc) is 3.19. The average molecular weight is 379 g/mol. The maximum Gasteiger partial charge on any atom is 0.280 e. The van der Waals surface area contributed by atoms with Gasteiger partial charge in [0.15, 0.2) is 4.96 Å². The summed E-state index contributed by atoms with van der Waals surface area (Å²) in [5.41, 5.74) is 0.204. The van der Waals surface area contributed by atoms with Gasteiger partial charge in [-0.25, -0.2) is 18.7 Å². The van der Waals surface area contributed by atoms with Crippen LogP contribution in [0, 0.1) is 5.92 Å². The zero-order valence-electron chi connectivity index (χ0n) is 14.1. The second-order valence-electron chi connectivity index (χ2n) is 6.65. The molecule has 3 aromatic rings. The number of fused-ring (bicyclic) bond motifs is 1. The molecule has 1 aliphatic rings. The highest BCUT2D eigenvalue weighted by atomic mass is 32.1. The Balaban J connectivity index is 1.32. The van der Waals surface area contributed by atoms with Crippen LogP contribution in [0.5, 0.6) is 0 Å². The Morgan fingerprint density at radius 1 is 1.31 bits per heavy atom. The zero-order valence-corrected chi connectivity index (χ0v) is 14.9. The van der Waals surface area contributed by atoms with Gasteiger partial charge in [-0.2, -0.15) is 0 Å². The van der Waals surface area contributed by atoms with Gasteiger partial charge in [0, 0.05) is 36.9 Å². The summed E-state index contributed by atoms with van der Waals surface area (Å²) in [5, 5.41) is 2.02. The largest absolute Gasteiger partial charge is 0.299 e. The minimum atomic E-state index is -2.71. The Kier molecular flexibility index (Phi) is 4.82. The number of halogens is 2. The van der Waals surface area contributed by atoms with Crippen molar-refractivity contribution in [2.24, 2.45) is 5.92 Å². The van der Waals surface area contributed by atoms with Gasteiger partial charge in [-0.3, -0.25) is 18.7 Å². The smallest absolute Gasteiger partial charge is 0.280 e. The van der Waals surface area contributed by atoms with Crippen LogP contribution in [0.4, 0.5) is 8.78 Å². The van der Waals surface area contributed by atoms with E-state index in [2.05, 4.69) is 21.1 Å². The number of piperidine rings is 1. The zero-order chi connectivity index (χ0) is 18.1. The molecular weight excluding hydrogens is 360 g/mol. The summed E-state index contributed by atoms with van der Waals surface area (Å²) >= 11 is 1.62. The minimum Gasteiger partial charge on any atom is -0.299 e. The van der Waals surface area contributed by atoms with E-state index < -0.39 is 17.7 Å². The Morgan fingerprint density at radius 2 is 2.12 bits per heavy atom. The first-order valence-corrected chi connectivity index (χ1v) is 9.44. The second kappa shape index (κ2) is 7.24. The van der Waals surface area contributed by atoms with Crippen LogP contribution >= 0.6 is 11.3 Å². The highest BCUT2D eigenvalue weighted by Crippen LogP contribution is 2.21. The van der Waals surface area contributed by atoms with Crippen molar-refractivity contribution in [1.29, 1.82) is 0 Å². The van der Waals surface area contributed by atoms with Gasteiger partial charge in [0.05, 0.1) is 12.0 Å². The van der Waals surface area contributed by atoms with Crippen LogP contribution in [-0.2, 0) is 13.1 Å². The molecule has 0 spiro atoms. The lowest BCUT2D eigenvalue weighted by Gasteiger charge is -2.31. The van der Waals surface area contributed by atoms with E-state index in [9.17, 15) is 13.6 Å². The predicted molar refractivity (Wildman–Crippen MR) is 94.5 cm³/mol. The van der Waals surface area contributed by atoms with Crippen molar-refractivity contribution in [1.82, 2.24) is 23.8 Å². The summed E-state index contributed by atoms with van der Waals surface area (Å²) in [6.07, 6.45) is 4.53. The van der Waals surface area contributed by atoms with Gasteiger partial charge < -0.3 is 0 Å². The van der Waals surface area contributed by atoms with Gasteiger partial charge in [-0.05, 0) is 31.8 Å². The molecule has 1 aliphatic heterocycles. The number of alkyl halides is 2. The van der Waals surface area contributed by atoms with Gasteiger partial charge in [0.2, 0.25) is 0 Å². The lowest BCUT2D eigenvalue weighted by molar-refractivity contribution is 0.144. The molecule has 3 aromatic heterocycles. The molecule has 0 radical (unpaired) electrons. The van der Waals surface area contributed by atoms with Crippen LogP contribution < -0.4 is 5.56 Å². The second-order valence-corrected chi connectivity index (χ2v) is 7.52. The van der Waals surface area contributed by atoms with Crippen LogP contribution in [-0.4, -0.2) is 36.9 Å². The highest BCUT2D eigenvalue weighted by Gasteiger charge is 2.21. The molecule has 4 rings (SSSR count). The summed E-state index contributed by atoms with van der Waals surface area (Å²) < 4.78 is 28.6. The summed E-state index contributed by atoms with van der Waals surface area (Å²) in [5.74, 6) is 0.355. The van der Waals surface area contributed by atoms with Gasteiger partial charge >= 0.3 is 0 Å². The molecule has 0 saturated carbocycles. The standard InChI is InChI=1S/C17H19F2N5OS/c18-16(19)14-7-15(25)24(11-20-14)8-12-1-3-22(4-2-12)9-13-10-23-5-6-26-17(23)21-13/h5-7,10-12,16H,1-4,8-9H2. The van der Waals surface area contributed by atoms with Crippen molar-refractivity contribution in [2.45, 2.75) is 32.4 Å². The maximum absolute atomic E-state index is 12.6. The molecule has 0 amide bonds. The fourth-order valence-electron chi connectivity index (χ4n) is 3.38. The lowest BCUT2D eigenvalue weighted by Crippen LogP contribution is -2.36. The molecule has 4 heterocycles.